The van der Waals surface area contributed by atoms with E-state index >= 15 is 0 Å². The van der Waals surface area contributed by atoms with Crippen molar-refractivity contribution in [1.29, 1.82) is 0 Å². The molecule has 2 fully saturated rings. The smallest absolute Gasteiger partial charge is 0.383 e. The molecule has 2 aromatic carbocycles. The maximum absolute atomic E-state index is 14.0. The number of methoxy groups -OCH3 is 1. The van der Waals surface area contributed by atoms with E-state index in [4.69, 9.17) is 14.2 Å². The molecule has 2 aliphatic heterocycles. The van der Waals surface area contributed by atoms with Crippen LogP contribution in [-0.4, -0.2) is 68.6 Å². The van der Waals surface area contributed by atoms with E-state index in [1.54, 1.807) is 14.0 Å². The SMILES string of the molecule is COC[C@@H]1CCCN1CC#CCN1CCO[C@H](O[C@H](C)c2cc(F)cc(C(F)(F)F)c2)[C@@H]1c1ccccc1. The minimum absolute atomic E-state index is 0.0980. The Morgan fingerprint density at radius 2 is 1.79 bits per heavy atom. The van der Waals surface area contributed by atoms with Gasteiger partial charge in [0.2, 0.25) is 0 Å². The van der Waals surface area contributed by atoms with E-state index in [1.165, 1.54) is 0 Å². The number of halogens is 4. The Kier molecular flexibility index (Phi) is 9.80. The molecular formula is C29H34F4N2O3. The van der Waals surface area contributed by atoms with Crippen LogP contribution in [0.2, 0.25) is 0 Å². The van der Waals surface area contributed by atoms with E-state index in [0.29, 0.717) is 45.0 Å². The zero-order chi connectivity index (χ0) is 27.1. The molecule has 0 bridgehead atoms. The van der Waals surface area contributed by atoms with Gasteiger partial charge in [0.25, 0.3) is 0 Å². The molecular weight excluding hydrogens is 500 g/mol. The summed E-state index contributed by atoms with van der Waals surface area (Å²) < 4.78 is 71.2. The fraction of sp³-hybridized carbons (Fsp3) is 0.517. The van der Waals surface area contributed by atoms with E-state index < -0.39 is 30.0 Å². The van der Waals surface area contributed by atoms with Crippen LogP contribution in [0.5, 0.6) is 0 Å². The zero-order valence-corrected chi connectivity index (χ0v) is 21.7. The summed E-state index contributed by atoms with van der Waals surface area (Å²) in [5.41, 5.74) is -0.00299. The van der Waals surface area contributed by atoms with Crippen molar-refractivity contribution in [3.8, 4) is 11.8 Å². The molecule has 0 aromatic heterocycles. The van der Waals surface area contributed by atoms with Gasteiger partial charge in [-0.05, 0) is 55.6 Å². The van der Waals surface area contributed by atoms with Gasteiger partial charge in [-0.25, -0.2) is 4.39 Å². The van der Waals surface area contributed by atoms with Crippen LogP contribution in [0.4, 0.5) is 17.6 Å². The summed E-state index contributed by atoms with van der Waals surface area (Å²) in [6, 6.07) is 12.2. The van der Waals surface area contributed by atoms with E-state index in [1.807, 2.05) is 30.3 Å². The van der Waals surface area contributed by atoms with Crippen molar-refractivity contribution < 1.29 is 31.8 Å². The molecule has 0 aliphatic carbocycles. The van der Waals surface area contributed by atoms with Gasteiger partial charge in [0, 0.05) is 19.7 Å². The van der Waals surface area contributed by atoms with Crippen LogP contribution in [0.3, 0.4) is 0 Å². The van der Waals surface area contributed by atoms with Crippen LogP contribution in [0.1, 0.15) is 48.6 Å². The minimum Gasteiger partial charge on any atom is -0.383 e. The van der Waals surface area contributed by atoms with Gasteiger partial charge in [-0.1, -0.05) is 42.2 Å². The Morgan fingerprint density at radius 3 is 2.50 bits per heavy atom. The lowest BCUT2D eigenvalue weighted by Gasteiger charge is -2.41. The lowest BCUT2D eigenvalue weighted by Crippen LogP contribution is -2.46. The number of benzene rings is 2. The Bertz CT molecular complexity index is 1100. The molecule has 2 aromatic rings. The summed E-state index contributed by atoms with van der Waals surface area (Å²) in [6.07, 6.45) is -4.00. The normalized spacial score (nSPS) is 23.7. The highest BCUT2D eigenvalue weighted by molar-refractivity contribution is 5.28. The molecule has 0 saturated carbocycles. The topological polar surface area (TPSA) is 34.2 Å². The van der Waals surface area contributed by atoms with Gasteiger partial charge in [0.1, 0.15) is 5.82 Å². The molecule has 206 valence electrons. The fourth-order valence-electron chi connectivity index (χ4n) is 5.09. The summed E-state index contributed by atoms with van der Waals surface area (Å²) in [5.74, 6) is 5.62. The third-order valence-corrected chi connectivity index (χ3v) is 7.06. The first-order valence-electron chi connectivity index (χ1n) is 12.9. The van der Waals surface area contributed by atoms with Gasteiger partial charge in [0.05, 0.1) is 44.0 Å². The Balaban J connectivity index is 1.49. The van der Waals surface area contributed by atoms with Crippen LogP contribution in [-0.2, 0) is 20.4 Å². The third-order valence-electron chi connectivity index (χ3n) is 7.06. The predicted octanol–water partition coefficient (Wildman–Crippen LogP) is 5.44. The number of likely N-dealkylation sites (tertiary alicyclic amines) is 1. The van der Waals surface area contributed by atoms with Crippen molar-refractivity contribution in [1.82, 2.24) is 9.80 Å². The van der Waals surface area contributed by atoms with Gasteiger partial charge in [0.15, 0.2) is 6.29 Å². The average Bonchev–Trinajstić information content (AvgIpc) is 3.33. The second kappa shape index (κ2) is 13.0. The van der Waals surface area contributed by atoms with Gasteiger partial charge < -0.3 is 14.2 Å². The Labute approximate surface area is 221 Å². The summed E-state index contributed by atoms with van der Waals surface area (Å²) in [7, 11) is 1.72. The highest BCUT2D eigenvalue weighted by Gasteiger charge is 2.36. The van der Waals surface area contributed by atoms with Crippen LogP contribution in [0, 0.1) is 17.7 Å². The lowest BCUT2D eigenvalue weighted by molar-refractivity contribution is -0.228. The number of morpholine rings is 1. The minimum atomic E-state index is -4.65. The van der Waals surface area contributed by atoms with E-state index in [9.17, 15) is 17.6 Å². The van der Waals surface area contributed by atoms with Crippen LogP contribution in [0.15, 0.2) is 48.5 Å². The van der Waals surface area contributed by atoms with Crippen molar-refractivity contribution in [3.63, 3.8) is 0 Å². The summed E-state index contributed by atoms with van der Waals surface area (Å²) in [4.78, 5) is 4.50. The van der Waals surface area contributed by atoms with E-state index in [0.717, 1.165) is 37.1 Å². The molecule has 0 radical (unpaired) electrons. The van der Waals surface area contributed by atoms with Crippen molar-refractivity contribution in [2.75, 3.05) is 46.5 Å². The first-order chi connectivity index (χ1) is 18.3. The second-order valence-corrected chi connectivity index (χ2v) is 9.69. The van der Waals surface area contributed by atoms with Gasteiger partial charge >= 0.3 is 6.18 Å². The van der Waals surface area contributed by atoms with Gasteiger partial charge in [-0.15, -0.1) is 0 Å². The quantitative estimate of drug-likeness (QED) is 0.333. The third kappa shape index (κ3) is 7.33. The maximum Gasteiger partial charge on any atom is 0.416 e. The molecule has 2 saturated heterocycles. The Morgan fingerprint density at radius 1 is 1.05 bits per heavy atom. The first-order valence-corrected chi connectivity index (χ1v) is 12.9. The monoisotopic (exact) mass is 534 g/mol. The maximum atomic E-state index is 14.0. The zero-order valence-electron chi connectivity index (χ0n) is 21.7. The van der Waals surface area contributed by atoms with Gasteiger partial charge in [-0.2, -0.15) is 13.2 Å². The molecule has 0 unspecified atom stereocenters. The van der Waals surface area contributed by atoms with Crippen molar-refractivity contribution in [2.45, 2.75) is 50.4 Å². The largest absolute Gasteiger partial charge is 0.416 e. The number of hydrogen-bond donors (Lipinski definition) is 0. The lowest BCUT2D eigenvalue weighted by atomic mass is 10.0. The first kappa shape index (κ1) is 28.5. The molecule has 0 N–H and O–H groups in total. The van der Waals surface area contributed by atoms with Crippen LogP contribution >= 0.6 is 0 Å². The van der Waals surface area contributed by atoms with Crippen LogP contribution in [0.25, 0.3) is 0 Å². The molecule has 5 nitrogen and oxygen atoms in total. The second-order valence-electron chi connectivity index (χ2n) is 9.69. The number of nitrogens with zero attached hydrogens (tertiary/aromatic N) is 2. The van der Waals surface area contributed by atoms with E-state index in [-0.39, 0.29) is 11.6 Å². The molecule has 4 rings (SSSR count). The number of rotatable bonds is 8. The van der Waals surface area contributed by atoms with Gasteiger partial charge in [-0.3, -0.25) is 9.80 Å². The predicted molar refractivity (Wildman–Crippen MR) is 136 cm³/mol. The average molecular weight is 535 g/mol. The molecule has 0 spiro atoms. The summed E-state index contributed by atoms with van der Waals surface area (Å²) >= 11 is 0. The summed E-state index contributed by atoms with van der Waals surface area (Å²) in [5, 5.41) is 0. The number of hydrogen-bond acceptors (Lipinski definition) is 5. The molecule has 2 aliphatic rings. The van der Waals surface area contributed by atoms with Crippen molar-refractivity contribution in [2.24, 2.45) is 0 Å². The van der Waals surface area contributed by atoms with Crippen LogP contribution < -0.4 is 0 Å². The number of alkyl halides is 3. The van der Waals surface area contributed by atoms with Crippen molar-refractivity contribution >= 4 is 0 Å². The fourth-order valence-corrected chi connectivity index (χ4v) is 5.09. The van der Waals surface area contributed by atoms with E-state index in [2.05, 4.69) is 21.6 Å². The number of ether oxygens (including phenoxy) is 3. The standard InChI is InChI=1S/C29H34F4N2O3/c1-21(23-17-24(29(31,32)33)19-25(30)18-23)38-28-27(22-9-4-3-5-10-22)35(15-16-37-28)13-7-6-12-34-14-8-11-26(34)20-36-2/h3-5,9-10,17-19,21,26-28H,8,11-16,20H2,1-2H3/t21-,26+,27+,28-/m1/s1. The highest BCUT2D eigenvalue weighted by Crippen LogP contribution is 2.36. The Hall–Kier alpha value is -2.48. The molecule has 4 atom stereocenters. The highest BCUT2D eigenvalue weighted by atomic mass is 19.4. The molecule has 38 heavy (non-hydrogen) atoms. The summed E-state index contributed by atoms with van der Waals surface area (Å²) in [6.45, 7) is 5.47. The molecule has 9 heteroatoms. The van der Waals surface area contributed by atoms with Crippen molar-refractivity contribution in [3.05, 3.63) is 71.0 Å². The molecule has 2 heterocycles. The molecule has 0 amide bonds.